The summed E-state index contributed by atoms with van der Waals surface area (Å²) in [5.74, 6) is 1.02. The van der Waals surface area contributed by atoms with Crippen molar-refractivity contribution in [3.05, 3.63) is 23.6 Å². The second kappa shape index (κ2) is 7.98. The van der Waals surface area contributed by atoms with Crippen LogP contribution in [0.2, 0.25) is 0 Å². The number of carbonyl (C=O) groups is 1. The van der Waals surface area contributed by atoms with Gasteiger partial charge < -0.3 is 20.5 Å². The van der Waals surface area contributed by atoms with Crippen molar-refractivity contribution < 1.29 is 14.3 Å². The van der Waals surface area contributed by atoms with Crippen LogP contribution in [0.25, 0.3) is 11.3 Å². The number of amides is 1. The number of aromatic nitrogens is 1. The highest BCUT2D eigenvalue weighted by Gasteiger charge is 2.12. The Morgan fingerprint density at radius 3 is 2.59 bits per heavy atom. The quantitative estimate of drug-likeness (QED) is 0.871. The topological polar surface area (TPSA) is 86.5 Å². The first-order chi connectivity index (χ1) is 10.0. The minimum atomic E-state index is -0.571. The van der Waals surface area contributed by atoms with Crippen LogP contribution in [0.4, 0.5) is 5.13 Å². The van der Waals surface area contributed by atoms with Gasteiger partial charge in [0.05, 0.1) is 26.0 Å². The number of halogens is 1. The van der Waals surface area contributed by atoms with Crippen LogP contribution >= 0.6 is 23.7 Å². The molecule has 0 radical (unpaired) electrons. The maximum atomic E-state index is 11.5. The summed E-state index contributed by atoms with van der Waals surface area (Å²) in [6, 6.07) is 4.96. The summed E-state index contributed by atoms with van der Waals surface area (Å²) in [7, 11) is 3.17. The van der Waals surface area contributed by atoms with E-state index in [0.717, 1.165) is 11.3 Å². The van der Waals surface area contributed by atoms with Crippen LogP contribution in [-0.2, 0) is 4.79 Å². The van der Waals surface area contributed by atoms with Crippen molar-refractivity contribution in [2.75, 3.05) is 19.5 Å². The lowest BCUT2D eigenvalue weighted by atomic mass is 10.1. The van der Waals surface area contributed by atoms with Crippen LogP contribution in [0.3, 0.4) is 0 Å². The Balaban J connectivity index is 0.00000242. The van der Waals surface area contributed by atoms with Crippen LogP contribution in [0.5, 0.6) is 11.5 Å². The lowest BCUT2D eigenvalue weighted by molar-refractivity contribution is -0.117. The number of nitrogens with zero attached hydrogens (tertiary/aromatic N) is 1. The molecule has 120 valence electrons. The maximum Gasteiger partial charge on any atom is 0.242 e. The van der Waals surface area contributed by atoms with E-state index in [-0.39, 0.29) is 18.3 Å². The van der Waals surface area contributed by atoms with E-state index in [4.69, 9.17) is 15.2 Å². The fraction of sp³-hybridized carbons (Fsp3) is 0.286. The maximum absolute atomic E-state index is 11.5. The molecule has 2 rings (SSSR count). The fourth-order valence-corrected chi connectivity index (χ4v) is 2.40. The van der Waals surface area contributed by atoms with Crippen LogP contribution in [-0.4, -0.2) is 31.2 Å². The lowest BCUT2D eigenvalue weighted by Crippen LogP contribution is -2.32. The molecule has 6 nitrogen and oxygen atoms in total. The number of hydrogen-bond donors (Lipinski definition) is 2. The second-order valence-electron chi connectivity index (χ2n) is 4.39. The molecule has 0 aliphatic rings. The van der Waals surface area contributed by atoms with Crippen molar-refractivity contribution in [2.24, 2.45) is 5.73 Å². The molecule has 1 aromatic heterocycles. The monoisotopic (exact) mass is 343 g/mol. The van der Waals surface area contributed by atoms with Crippen molar-refractivity contribution in [2.45, 2.75) is 13.0 Å². The number of ether oxygens (including phenoxy) is 2. The highest BCUT2D eigenvalue weighted by molar-refractivity contribution is 7.14. The average Bonchev–Trinajstić information content (AvgIpc) is 2.94. The van der Waals surface area contributed by atoms with Crippen molar-refractivity contribution in [3.63, 3.8) is 0 Å². The number of anilines is 1. The summed E-state index contributed by atoms with van der Waals surface area (Å²) >= 11 is 1.34. The molecular formula is C14H18ClN3O3S. The Morgan fingerprint density at radius 1 is 1.32 bits per heavy atom. The first kappa shape index (κ1) is 18.2. The Kier molecular flexibility index (Phi) is 6.61. The summed E-state index contributed by atoms with van der Waals surface area (Å²) in [5.41, 5.74) is 7.14. The molecule has 0 fully saturated rings. The number of nitrogens with two attached hydrogens (primary N) is 1. The predicted molar refractivity (Wildman–Crippen MR) is 90.2 cm³/mol. The van der Waals surface area contributed by atoms with E-state index in [1.54, 1.807) is 21.1 Å². The molecule has 3 N–H and O–H groups in total. The molecule has 0 spiro atoms. The second-order valence-corrected chi connectivity index (χ2v) is 5.24. The standard InChI is InChI=1S/C14H17N3O3S.ClH/c1-8(15)13(18)17-14-16-10(7-21-14)9-4-5-11(19-2)12(6-9)20-3;/h4-8H,15H2,1-3H3,(H,16,17,18);1H. The zero-order valence-electron chi connectivity index (χ0n) is 12.5. The zero-order chi connectivity index (χ0) is 15.4. The van der Waals surface area contributed by atoms with E-state index >= 15 is 0 Å². The number of benzene rings is 1. The lowest BCUT2D eigenvalue weighted by Gasteiger charge is -2.08. The molecule has 1 heterocycles. The molecule has 0 aliphatic heterocycles. The van der Waals surface area contributed by atoms with E-state index in [2.05, 4.69) is 10.3 Å². The molecule has 22 heavy (non-hydrogen) atoms. The van der Waals surface area contributed by atoms with Crippen molar-refractivity contribution in [1.82, 2.24) is 4.98 Å². The van der Waals surface area contributed by atoms with Crippen LogP contribution < -0.4 is 20.5 Å². The molecule has 1 atom stereocenters. The number of carbonyl (C=O) groups excluding carboxylic acids is 1. The van der Waals surface area contributed by atoms with E-state index in [9.17, 15) is 4.79 Å². The Morgan fingerprint density at radius 2 is 2.00 bits per heavy atom. The predicted octanol–water partition coefficient (Wildman–Crippen LogP) is 2.53. The third-order valence-corrected chi connectivity index (χ3v) is 3.58. The van der Waals surface area contributed by atoms with Crippen LogP contribution in [0, 0.1) is 0 Å². The van der Waals surface area contributed by atoms with Gasteiger partial charge in [-0.15, -0.1) is 23.7 Å². The van der Waals surface area contributed by atoms with Gasteiger partial charge in [-0.25, -0.2) is 4.98 Å². The Bertz CT molecular complexity index is 646. The third-order valence-electron chi connectivity index (χ3n) is 2.83. The Hall–Kier alpha value is -1.83. The van der Waals surface area contributed by atoms with Gasteiger partial charge in [-0.2, -0.15) is 0 Å². The Labute approximate surface area is 139 Å². The molecule has 0 bridgehead atoms. The zero-order valence-corrected chi connectivity index (χ0v) is 14.1. The van der Waals surface area contributed by atoms with Gasteiger partial charge in [-0.1, -0.05) is 0 Å². The van der Waals surface area contributed by atoms with E-state index < -0.39 is 6.04 Å². The van der Waals surface area contributed by atoms with Gasteiger partial charge in [0.2, 0.25) is 5.91 Å². The number of hydrogen-bond acceptors (Lipinski definition) is 6. The van der Waals surface area contributed by atoms with Crippen molar-refractivity contribution in [1.29, 1.82) is 0 Å². The molecule has 1 unspecified atom stereocenters. The summed E-state index contributed by atoms with van der Waals surface area (Å²) < 4.78 is 10.5. The van der Waals surface area contributed by atoms with Gasteiger partial charge in [0.1, 0.15) is 0 Å². The normalized spacial score (nSPS) is 11.3. The van der Waals surface area contributed by atoms with Crippen LogP contribution in [0.15, 0.2) is 23.6 Å². The SMILES string of the molecule is COc1ccc(-c2csc(NC(=O)C(C)N)n2)cc1OC.Cl. The van der Waals surface area contributed by atoms with E-state index in [1.165, 1.54) is 11.3 Å². The summed E-state index contributed by atoms with van der Waals surface area (Å²) in [6.45, 7) is 1.62. The highest BCUT2D eigenvalue weighted by atomic mass is 35.5. The number of rotatable bonds is 5. The molecule has 8 heteroatoms. The third kappa shape index (κ3) is 4.09. The molecule has 2 aromatic rings. The number of methoxy groups -OCH3 is 2. The first-order valence-corrected chi connectivity index (χ1v) is 7.17. The summed E-state index contributed by atoms with van der Waals surface area (Å²) in [5, 5.41) is 5.05. The average molecular weight is 344 g/mol. The largest absolute Gasteiger partial charge is 0.493 e. The summed E-state index contributed by atoms with van der Waals surface area (Å²) in [4.78, 5) is 15.9. The highest BCUT2D eigenvalue weighted by Crippen LogP contribution is 2.33. The van der Waals surface area contributed by atoms with Gasteiger partial charge in [-0.3, -0.25) is 4.79 Å². The van der Waals surface area contributed by atoms with E-state index in [0.29, 0.717) is 16.6 Å². The molecular weight excluding hydrogens is 326 g/mol. The van der Waals surface area contributed by atoms with Crippen molar-refractivity contribution in [3.8, 4) is 22.8 Å². The minimum Gasteiger partial charge on any atom is -0.493 e. The molecule has 1 amide bonds. The minimum absolute atomic E-state index is 0. The smallest absolute Gasteiger partial charge is 0.242 e. The van der Waals surface area contributed by atoms with E-state index in [1.807, 2.05) is 23.6 Å². The number of nitrogens with one attached hydrogen (secondary N) is 1. The molecule has 0 saturated heterocycles. The molecule has 0 aliphatic carbocycles. The molecule has 0 saturated carbocycles. The van der Waals surface area contributed by atoms with Gasteiger partial charge in [0.25, 0.3) is 0 Å². The van der Waals surface area contributed by atoms with Crippen LogP contribution in [0.1, 0.15) is 6.92 Å². The van der Waals surface area contributed by atoms with Gasteiger partial charge >= 0.3 is 0 Å². The first-order valence-electron chi connectivity index (χ1n) is 6.29. The molecule has 1 aromatic carbocycles. The van der Waals surface area contributed by atoms with Crippen molar-refractivity contribution >= 4 is 34.8 Å². The summed E-state index contributed by atoms with van der Waals surface area (Å²) in [6.07, 6.45) is 0. The van der Waals surface area contributed by atoms with Gasteiger partial charge in [-0.05, 0) is 25.1 Å². The van der Waals surface area contributed by atoms with Gasteiger partial charge in [0.15, 0.2) is 16.6 Å². The number of thiazole rings is 1. The van der Waals surface area contributed by atoms with Gasteiger partial charge in [0, 0.05) is 10.9 Å². The fourth-order valence-electron chi connectivity index (χ4n) is 1.68.